The van der Waals surface area contributed by atoms with Crippen LogP contribution in [0.1, 0.15) is 6.92 Å². The Morgan fingerprint density at radius 1 is 1.29 bits per heavy atom. The number of nitrogens with one attached hydrogen (secondary N) is 2. The molecule has 7 heteroatoms. The van der Waals surface area contributed by atoms with Crippen molar-refractivity contribution in [2.75, 3.05) is 7.05 Å². The molecule has 0 radical (unpaired) electrons. The third-order valence-corrected chi connectivity index (χ3v) is 3.65. The predicted octanol–water partition coefficient (Wildman–Crippen LogP) is 0.238. The summed E-state index contributed by atoms with van der Waals surface area (Å²) in [6, 6.07) is 3.45. The number of hydrogen-bond acceptors (Lipinski definition) is 3. The molecule has 0 spiro atoms. The van der Waals surface area contributed by atoms with Crippen LogP contribution in [0.15, 0.2) is 29.2 Å². The average Bonchev–Trinajstić information content (AvgIpc) is 2.27. The minimum absolute atomic E-state index is 0.0883. The van der Waals surface area contributed by atoms with Crippen molar-refractivity contribution in [1.82, 2.24) is 10.0 Å². The Morgan fingerprint density at radius 3 is 2.29 bits per heavy atom. The van der Waals surface area contributed by atoms with Gasteiger partial charge in [0.15, 0.2) is 0 Å². The third kappa shape index (κ3) is 3.50. The van der Waals surface area contributed by atoms with Gasteiger partial charge >= 0.3 is 0 Å². The summed E-state index contributed by atoms with van der Waals surface area (Å²) < 4.78 is 38.3. The first-order valence-corrected chi connectivity index (χ1v) is 6.34. The summed E-state index contributed by atoms with van der Waals surface area (Å²) in [6.45, 7) is 1.42. The summed E-state index contributed by atoms with van der Waals surface area (Å²) in [7, 11) is -2.40. The van der Waals surface area contributed by atoms with Crippen molar-refractivity contribution in [3.8, 4) is 0 Å². The highest BCUT2D eigenvalue weighted by Crippen LogP contribution is 2.10. The molecule has 0 saturated carbocycles. The van der Waals surface area contributed by atoms with Gasteiger partial charge in [-0.3, -0.25) is 4.79 Å². The lowest BCUT2D eigenvalue weighted by atomic mass is 10.3. The maximum atomic E-state index is 12.6. The second-order valence-corrected chi connectivity index (χ2v) is 5.13. The van der Waals surface area contributed by atoms with Gasteiger partial charge in [0.05, 0.1) is 10.9 Å². The lowest BCUT2D eigenvalue weighted by molar-refractivity contribution is -0.121. The number of amides is 1. The Labute approximate surface area is 99.1 Å². The molecule has 1 amide bonds. The summed E-state index contributed by atoms with van der Waals surface area (Å²) in [5, 5.41) is 2.32. The van der Waals surface area contributed by atoms with Crippen molar-refractivity contribution in [3.63, 3.8) is 0 Å². The van der Waals surface area contributed by atoms with E-state index in [-0.39, 0.29) is 4.90 Å². The van der Waals surface area contributed by atoms with Crippen LogP contribution in [0.5, 0.6) is 0 Å². The topological polar surface area (TPSA) is 75.3 Å². The van der Waals surface area contributed by atoms with E-state index in [1.807, 2.05) is 0 Å². The van der Waals surface area contributed by atoms with Crippen LogP contribution in [-0.4, -0.2) is 27.4 Å². The zero-order chi connectivity index (χ0) is 13.1. The molecule has 0 aromatic heterocycles. The zero-order valence-corrected chi connectivity index (χ0v) is 10.2. The van der Waals surface area contributed by atoms with Crippen molar-refractivity contribution in [1.29, 1.82) is 0 Å². The number of hydrogen-bond donors (Lipinski definition) is 2. The Hall–Kier alpha value is -1.47. The maximum absolute atomic E-state index is 12.6. The van der Waals surface area contributed by atoms with Gasteiger partial charge < -0.3 is 5.32 Å². The van der Waals surface area contributed by atoms with Gasteiger partial charge in [0.2, 0.25) is 15.9 Å². The molecule has 0 heterocycles. The van der Waals surface area contributed by atoms with Gasteiger partial charge in [-0.2, -0.15) is 4.72 Å². The minimum Gasteiger partial charge on any atom is -0.358 e. The van der Waals surface area contributed by atoms with E-state index in [1.54, 1.807) is 0 Å². The van der Waals surface area contributed by atoms with E-state index in [2.05, 4.69) is 10.0 Å². The van der Waals surface area contributed by atoms with Crippen LogP contribution in [-0.2, 0) is 14.8 Å². The third-order valence-electron chi connectivity index (χ3n) is 2.10. The molecule has 0 aliphatic heterocycles. The van der Waals surface area contributed by atoms with E-state index in [4.69, 9.17) is 0 Å². The average molecular weight is 260 g/mol. The molecule has 5 nitrogen and oxygen atoms in total. The number of carbonyl (C=O) groups excluding carboxylic acids is 1. The fourth-order valence-corrected chi connectivity index (χ4v) is 2.39. The molecule has 0 aliphatic carbocycles. The number of likely N-dealkylation sites (N-methyl/N-ethyl adjacent to an activating group) is 1. The van der Waals surface area contributed by atoms with Gasteiger partial charge in [0.1, 0.15) is 5.82 Å². The lowest BCUT2D eigenvalue weighted by Gasteiger charge is -2.12. The van der Waals surface area contributed by atoms with Gasteiger partial charge in [-0.25, -0.2) is 12.8 Å². The molecule has 1 aromatic carbocycles. The molecule has 0 unspecified atom stereocenters. The van der Waals surface area contributed by atoms with E-state index < -0.39 is 27.8 Å². The van der Waals surface area contributed by atoms with E-state index >= 15 is 0 Å². The van der Waals surface area contributed by atoms with Gasteiger partial charge in [0, 0.05) is 7.05 Å². The molecule has 0 aliphatic rings. The number of benzene rings is 1. The largest absolute Gasteiger partial charge is 0.358 e. The van der Waals surface area contributed by atoms with Crippen molar-refractivity contribution >= 4 is 15.9 Å². The molecule has 1 atom stereocenters. The normalized spacial score (nSPS) is 13.1. The smallest absolute Gasteiger partial charge is 0.241 e. The fraction of sp³-hybridized carbons (Fsp3) is 0.300. The first kappa shape index (κ1) is 13.6. The second-order valence-electron chi connectivity index (χ2n) is 3.41. The van der Waals surface area contributed by atoms with Crippen LogP contribution < -0.4 is 10.0 Å². The molecular formula is C10H13FN2O3S. The lowest BCUT2D eigenvalue weighted by Crippen LogP contribution is -2.43. The molecule has 1 rings (SSSR count). The van der Waals surface area contributed by atoms with Crippen LogP contribution in [0, 0.1) is 5.82 Å². The van der Waals surface area contributed by atoms with Gasteiger partial charge in [0.25, 0.3) is 0 Å². The Balaban J connectivity index is 2.89. The Morgan fingerprint density at radius 2 is 1.82 bits per heavy atom. The number of carbonyl (C=O) groups is 1. The van der Waals surface area contributed by atoms with Crippen LogP contribution in [0.4, 0.5) is 4.39 Å². The van der Waals surface area contributed by atoms with Crippen LogP contribution in [0.3, 0.4) is 0 Å². The summed E-state index contributed by atoms with van der Waals surface area (Å²) in [4.78, 5) is 11.1. The fourth-order valence-electron chi connectivity index (χ4n) is 1.18. The number of sulfonamides is 1. The summed E-state index contributed by atoms with van der Waals surface area (Å²) >= 11 is 0. The highest BCUT2D eigenvalue weighted by molar-refractivity contribution is 7.89. The molecular weight excluding hydrogens is 247 g/mol. The molecule has 1 aromatic rings. The Bertz CT molecular complexity index is 499. The van der Waals surface area contributed by atoms with Crippen molar-refractivity contribution in [3.05, 3.63) is 30.1 Å². The predicted molar refractivity (Wildman–Crippen MR) is 60.3 cm³/mol. The summed E-state index contributed by atoms with van der Waals surface area (Å²) in [5.74, 6) is -0.973. The van der Waals surface area contributed by atoms with Crippen molar-refractivity contribution in [2.24, 2.45) is 0 Å². The van der Waals surface area contributed by atoms with E-state index in [9.17, 15) is 17.6 Å². The summed E-state index contributed by atoms with van der Waals surface area (Å²) in [5.41, 5.74) is 0. The van der Waals surface area contributed by atoms with Crippen LogP contribution >= 0.6 is 0 Å². The molecule has 17 heavy (non-hydrogen) atoms. The van der Waals surface area contributed by atoms with Gasteiger partial charge in [-0.1, -0.05) is 0 Å². The quantitative estimate of drug-likeness (QED) is 0.814. The maximum Gasteiger partial charge on any atom is 0.241 e. The first-order chi connectivity index (χ1) is 7.86. The highest BCUT2D eigenvalue weighted by atomic mass is 32.2. The van der Waals surface area contributed by atoms with Gasteiger partial charge in [-0.15, -0.1) is 0 Å². The SMILES string of the molecule is CNC(=O)[C@@H](C)NS(=O)(=O)c1ccc(F)cc1. The number of rotatable bonds is 4. The molecule has 0 bridgehead atoms. The highest BCUT2D eigenvalue weighted by Gasteiger charge is 2.20. The number of halogens is 1. The van der Waals surface area contributed by atoms with Crippen molar-refractivity contribution < 1.29 is 17.6 Å². The van der Waals surface area contributed by atoms with Crippen LogP contribution in [0.2, 0.25) is 0 Å². The Kier molecular flexibility index (Phi) is 4.19. The zero-order valence-electron chi connectivity index (χ0n) is 9.40. The first-order valence-electron chi connectivity index (χ1n) is 4.86. The molecule has 0 saturated heterocycles. The van der Waals surface area contributed by atoms with Crippen molar-refractivity contribution in [2.45, 2.75) is 17.9 Å². The minimum atomic E-state index is -3.81. The monoisotopic (exact) mass is 260 g/mol. The standard InChI is InChI=1S/C10H13FN2O3S/c1-7(10(14)12-2)13-17(15,16)9-5-3-8(11)4-6-9/h3-7,13H,1-2H3,(H,12,14)/t7-/m1/s1. The second kappa shape index (κ2) is 5.24. The molecule has 0 fully saturated rings. The van der Waals surface area contributed by atoms with E-state index in [0.717, 1.165) is 24.3 Å². The van der Waals surface area contributed by atoms with E-state index in [1.165, 1.54) is 14.0 Å². The molecule has 94 valence electrons. The van der Waals surface area contributed by atoms with Crippen LogP contribution in [0.25, 0.3) is 0 Å². The van der Waals surface area contributed by atoms with E-state index in [0.29, 0.717) is 0 Å². The van der Waals surface area contributed by atoms with Gasteiger partial charge in [-0.05, 0) is 31.2 Å². The summed E-state index contributed by atoms with van der Waals surface area (Å²) in [6.07, 6.45) is 0. The molecule has 2 N–H and O–H groups in total.